The predicted octanol–water partition coefficient (Wildman–Crippen LogP) is 4.34. The molecule has 2 N–H and O–H groups in total. The number of anilines is 2. The Balaban J connectivity index is 1.68. The van der Waals surface area contributed by atoms with Crippen LogP contribution >= 0.6 is 0 Å². The fourth-order valence-corrected chi connectivity index (χ4v) is 2.93. The number of amides is 2. The summed E-state index contributed by atoms with van der Waals surface area (Å²) in [4.78, 5) is 24.3. The lowest BCUT2D eigenvalue weighted by Crippen LogP contribution is -2.17. The van der Waals surface area contributed by atoms with Gasteiger partial charge < -0.3 is 15.1 Å². The van der Waals surface area contributed by atoms with Gasteiger partial charge in [-0.1, -0.05) is 24.3 Å². The normalized spacial score (nSPS) is 10.5. The van der Waals surface area contributed by atoms with Gasteiger partial charge in [0.2, 0.25) is 5.91 Å². The average Bonchev–Trinajstić information content (AvgIpc) is 3.38. The molecule has 0 fully saturated rings. The molecule has 0 aliphatic carbocycles. The third-order valence-electron chi connectivity index (χ3n) is 4.16. The number of para-hydroxylation sites is 1. The Labute approximate surface area is 167 Å². The third-order valence-corrected chi connectivity index (χ3v) is 4.16. The van der Waals surface area contributed by atoms with Crippen LogP contribution in [-0.4, -0.2) is 21.6 Å². The first-order valence-corrected chi connectivity index (χ1v) is 8.98. The molecule has 4 rings (SSSR count). The van der Waals surface area contributed by atoms with Crippen LogP contribution in [0, 0.1) is 0 Å². The van der Waals surface area contributed by atoms with Crippen molar-refractivity contribution in [2.45, 2.75) is 6.92 Å². The smallest absolute Gasteiger partial charge is 0.274 e. The fraction of sp³-hybridized carbons (Fsp3) is 0.0455. The van der Waals surface area contributed by atoms with E-state index in [-0.39, 0.29) is 11.8 Å². The zero-order valence-corrected chi connectivity index (χ0v) is 15.6. The molecule has 7 nitrogen and oxygen atoms in total. The van der Waals surface area contributed by atoms with Crippen molar-refractivity contribution in [2.75, 3.05) is 10.6 Å². The number of carbonyl (C=O) groups is 2. The predicted molar refractivity (Wildman–Crippen MR) is 110 cm³/mol. The van der Waals surface area contributed by atoms with Crippen LogP contribution in [0.1, 0.15) is 17.4 Å². The van der Waals surface area contributed by atoms with Crippen molar-refractivity contribution < 1.29 is 14.0 Å². The number of hydrogen-bond donors (Lipinski definition) is 2. The summed E-state index contributed by atoms with van der Waals surface area (Å²) in [7, 11) is 0. The number of nitrogens with one attached hydrogen (secondary N) is 2. The standard InChI is InChI=1S/C22H18N4O3/c1-15(27)23-16-7-5-8-17(13-16)24-22(28)20-14-19(21-11-6-12-29-21)25-26(20)18-9-3-2-4-10-18/h2-14H,1H3,(H,23,27)(H,24,28). The lowest BCUT2D eigenvalue weighted by atomic mass is 10.2. The molecule has 0 unspecified atom stereocenters. The van der Waals surface area contributed by atoms with Crippen molar-refractivity contribution in [1.82, 2.24) is 9.78 Å². The van der Waals surface area contributed by atoms with Gasteiger partial charge in [-0.2, -0.15) is 5.10 Å². The monoisotopic (exact) mass is 386 g/mol. The SMILES string of the molecule is CC(=O)Nc1cccc(NC(=O)c2cc(-c3ccco3)nn2-c2ccccc2)c1. The van der Waals surface area contributed by atoms with Gasteiger partial charge in [0.1, 0.15) is 11.4 Å². The summed E-state index contributed by atoms with van der Waals surface area (Å²) in [5.74, 6) is 0.0549. The highest BCUT2D eigenvalue weighted by Gasteiger charge is 2.19. The van der Waals surface area contributed by atoms with E-state index in [4.69, 9.17) is 4.42 Å². The first-order valence-electron chi connectivity index (χ1n) is 8.98. The lowest BCUT2D eigenvalue weighted by molar-refractivity contribution is -0.114. The number of carbonyl (C=O) groups excluding carboxylic acids is 2. The Kier molecular flexibility index (Phi) is 4.94. The van der Waals surface area contributed by atoms with Crippen molar-refractivity contribution in [3.05, 3.63) is 84.8 Å². The molecule has 144 valence electrons. The maximum atomic E-state index is 13.0. The van der Waals surface area contributed by atoms with E-state index in [2.05, 4.69) is 15.7 Å². The van der Waals surface area contributed by atoms with E-state index in [1.54, 1.807) is 53.4 Å². The van der Waals surface area contributed by atoms with Crippen molar-refractivity contribution in [3.63, 3.8) is 0 Å². The maximum absolute atomic E-state index is 13.0. The van der Waals surface area contributed by atoms with Crippen LogP contribution in [-0.2, 0) is 4.79 Å². The van der Waals surface area contributed by atoms with Crippen molar-refractivity contribution in [2.24, 2.45) is 0 Å². The van der Waals surface area contributed by atoms with E-state index in [0.29, 0.717) is 28.5 Å². The van der Waals surface area contributed by atoms with Gasteiger partial charge in [-0.05, 0) is 42.5 Å². The minimum absolute atomic E-state index is 0.182. The Bertz CT molecular complexity index is 1150. The van der Waals surface area contributed by atoms with Crippen LogP contribution in [0.25, 0.3) is 17.1 Å². The molecule has 29 heavy (non-hydrogen) atoms. The zero-order chi connectivity index (χ0) is 20.2. The summed E-state index contributed by atoms with van der Waals surface area (Å²) in [6.45, 7) is 1.43. The van der Waals surface area contributed by atoms with Crippen molar-refractivity contribution in [1.29, 1.82) is 0 Å². The van der Waals surface area contributed by atoms with Gasteiger partial charge in [-0.3, -0.25) is 9.59 Å². The molecule has 0 atom stereocenters. The topological polar surface area (TPSA) is 89.2 Å². The molecule has 0 spiro atoms. The van der Waals surface area contributed by atoms with E-state index in [0.717, 1.165) is 5.69 Å². The summed E-state index contributed by atoms with van der Waals surface area (Å²) in [6, 6.07) is 21.6. The molecule has 0 radical (unpaired) electrons. The summed E-state index contributed by atoms with van der Waals surface area (Å²) in [6.07, 6.45) is 1.56. The molecule has 0 saturated carbocycles. The van der Waals surface area contributed by atoms with Gasteiger partial charge in [0.05, 0.1) is 12.0 Å². The van der Waals surface area contributed by atoms with E-state index in [9.17, 15) is 9.59 Å². The Hall–Kier alpha value is -4.13. The van der Waals surface area contributed by atoms with Crippen LogP contribution in [0.4, 0.5) is 11.4 Å². The minimum atomic E-state index is -0.334. The average molecular weight is 386 g/mol. The highest BCUT2D eigenvalue weighted by molar-refractivity contribution is 6.04. The Morgan fingerprint density at radius 1 is 0.897 bits per heavy atom. The van der Waals surface area contributed by atoms with Crippen LogP contribution in [0.3, 0.4) is 0 Å². The molecule has 2 heterocycles. The third kappa shape index (κ3) is 4.08. The zero-order valence-electron chi connectivity index (χ0n) is 15.6. The number of rotatable bonds is 5. The van der Waals surface area contributed by atoms with Gasteiger partial charge in [0.25, 0.3) is 5.91 Å². The second-order valence-electron chi connectivity index (χ2n) is 6.36. The van der Waals surface area contributed by atoms with Gasteiger partial charge in [-0.25, -0.2) is 4.68 Å². The molecule has 2 aromatic heterocycles. The first kappa shape index (κ1) is 18.2. The fourth-order valence-electron chi connectivity index (χ4n) is 2.93. The molecule has 0 aliphatic heterocycles. The number of nitrogens with zero attached hydrogens (tertiary/aromatic N) is 2. The molecule has 0 bridgehead atoms. The summed E-state index contributed by atoms with van der Waals surface area (Å²) in [5, 5.41) is 10.1. The molecule has 0 saturated heterocycles. The number of benzene rings is 2. The molecule has 2 amide bonds. The number of furan rings is 1. The van der Waals surface area contributed by atoms with Gasteiger partial charge in [0.15, 0.2) is 5.76 Å². The van der Waals surface area contributed by atoms with Crippen molar-refractivity contribution >= 4 is 23.2 Å². The molecule has 2 aromatic carbocycles. The second-order valence-corrected chi connectivity index (χ2v) is 6.36. The molecule has 4 aromatic rings. The number of hydrogen-bond acceptors (Lipinski definition) is 4. The quantitative estimate of drug-likeness (QED) is 0.534. The van der Waals surface area contributed by atoms with Gasteiger partial charge >= 0.3 is 0 Å². The molecular formula is C22H18N4O3. The molecule has 7 heteroatoms. The molecular weight excluding hydrogens is 368 g/mol. The highest BCUT2D eigenvalue weighted by Crippen LogP contribution is 2.23. The van der Waals surface area contributed by atoms with E-state index >= 15 is 0 Å². The van der Waals surface area contributed by atoms with E-state index < -0.39 is 0 Å². The van der Waals surface area contributed by atoms with Gasteiger partial charge in [-0.15, -0.1) is 0 Å². The largest absolute Gasteiger partial charge is 0.463 e. The van der Waals surface area contributed by atoms with Crippen LogP contribution in [0.15, 0.2) is 83.5 Å². The Morgan fingerprint density at radius 3 is 2.34 bits per heavy atom. The van der Waals surface area contributed by atoms with E-state index in [1.807, 2.05) is 30.3 Å². The summed E-state index contributed by atoms with van der Waals surface area (Å²) < 4.78 is 7.00. The summed E-state index contributed by atoms with van der Waals surface area (Å²) >= 11 is 0. The van der Waals surface area contributed by atoms with Crippen LogP contribution in [0.5, 0.6) is 0 Å². The Morgan fingerprint density at radius 2 is 1.66 bits per heavy atom. The van der Waals surface area contributed by atoms with Crippen LogP contribution in [0.2, 0.25) is 0 Å². The van der Waals surface area contributed by atoms with Crippen molar-refractivity contribution in [3.8, 4) is 17.1 Å². The maximum Gasteiger partial charge on any atom is 0.274 e. The molecule has 0 aliphatic rings. The minimum Gasteiger partial charge on any atom is -0.463 e. The number of aromatic nitrogens is 2. The highest BCUT2D eigenvalue weighted by atomic mass is 16.3. The van der Waals surface area contributed by atoms with Gasteiger partial charge in [0, 0.05) is 24.4 Å². The second kappa shape index (κ2) is 7.85. The van der Waals surface area contributed by atoms with Crippen LogP contribution < -0.4 is 10.6 Å². The lowest BCUT2D eigenvalue weighted by Gasteiger charge is -2.09. The van der Waals surface area contributed by atoms with E-state index in [1.165, 1.54) is 6.92 Å². The first-order chi connectivity index (χ1) is 14.1. The summed E-state index contributed by atoms with van der Waals surface area (Å²) in [5.41, 5.74) is 2.82.